The lowest BCUT2D eigenvalue weighted by Crippen LogP contribution is -2.23. The Morgan fingerprint density at radius 1 is 1.44 bits per heavy atom. The van der Waals surface area contributed by atoms with E-state index < -0.39 is 0 Å². The van der Waals surface area contributed by atoms with E-state index in [0.717, 1.165) is 9.26 Å². The number of carbonyl (C=O) groups excluding carboxylic acids is 1. The fourth-order valence-electron chi connectivity index (χ4n) is 1.72. The molecule has 0 saturated carbocycles. The highest BCUT2D eigenvalue weighted by Gasteiger charge is 2.22. The number of amides is 1. The molecule has 2 rings (SSSR count). The lowest BCUT2D eigenvalue weighted by molar-refractivity contribution is -0.118. The maximum atomic E-state index is 11.9. The van der Waals surface area contributed by atoms with Crippen molar-refractivity contribution in [2.45, 2.75) is 12.5 Å². The number of nitrogens with two attached hydrogens (primary N) is 1. The third-order valence-electron chi connectivity index (χ3n) is 2.55. The summed E-state index contributed by atoms with van der Waals surface area (Å²) in [4.78, 5) is 11.9. The summed E-state index contributed by atoms with van der Waals surface area (Å²) in [5, 5.41) is 2.89. The summed E-state index contributed by atoms with van der Waals surface area (Å²) >= 11 is 2.22. The smallest absolute Gasteiger partial charge is 0.231 e. The Hall–Kier alpha value is -0.880. The predicted octanol–water partition coefficient (Wildman–Crippen LogP) is 2.13. The molecule has 1 aromatic rings. The van der Waals surface area contributed by atoms with Crippen LogP contribution in [0, 0.1) is 9.49 Å². The van der Waals surface area contributed by atoms with Crippen molar-refractivity contribution in [3.05, 3.63) is 40.0 Å². The van der Waals surface area contributed by atoms with Crippen LogP contribution >= 0.6 is 22.6 Å². The van der Waals surface area contributed by atoms with Crippen molar-refractivity contribution in [1.29, 1.82) is 0 Å². The first kappa shape index (κ1) is 11.6. The first-order valence-electron chi connectivity index (χ1n) is 5.15. The Bertz CT molecular complexity index is 431. The van der Waals surface area contributed by atoms with Crippen LogP contribution < -0.4 is 11.1 Å². The largest absolute Gasteiger partial charge is 0.326 e. The van der Waals surface area contributed by atoms with Gasteiger partial charge in [0.15, 0.2) is 0 Å². The monoisotopic (exact) mass is 328 g/mol. The first-order chi connectivity index (χ1) is 7.65. The van der Waals surface area contributed by atoms with E-state index in [-0.39, 0.29) is 17.9 Å². The minimum Gasteiger partial charge on any atom is -0.326 e. The summed E-state index contributed by atoms with van der Waals surface area (Å²) in [7, 11) is 0. The second-order valence-electron chi connectivity index (χ2n) is 3.89. The molecule has 3 nitrogen and oxygen atoms in total. The number of anilines is 1. The van der Waals surface area contributed by atoms with Gasteiger partial charge in [-0.3, -0.25) is 4.79 Å². The van der Waals surface area contributed by atoms with E-state index in [1.807, 2.05) is 36.4 Å². The molecule has 0 fully saturated rings. The normalized spacial score (nSPS) is 23.4. The van der Waals surface area contributed by atoms with E-state index in [1.54, 1.807) is 0 Å². The first-order valence-corrected chi connectivity index (χ1v) is 6.23. The van der Waals surface area contributed by atoms with Gasteiger partial charge in [0.25, 0.3) is 0 Å². The topological polar surface area (TPSA) is 55.1 Å². The Kier molecular flexibility index (Phi) is 3.60. The molecule has 0 aromatic heterocycles. The quantitative estimate of drug-likeness (QED) is 0.646. The van der Waals surface area contributed by atoms with E-state index in [9.17, 15) is 4.79 Å². The zero-order valence-electron chi connectivity index (χ0n) is 8.69. The van der Waals surface area contributed by atoms with Gasteiger partial charge in [-0.25, -0.2) is 0 Å². The van der Waals surface area contributed by atoms with Gasteiger partial charge in [-0.1, -0.05) is 18.2 Å². The van der Waals surface area contributed by atoms with Crippen LogP contribution in [0.5, 0.6) is 0 Å². The van der Waals surface area contributed by atoms with Gasteiger partial charge >= 0.3 is 0 Å². The summed E-state index contributed by atoms with van der Waals surface area (Å²) in [6.07, 6.45) is 4.47. The molecule has 0 spiro atoms. The molecule has 2 unspecified atom stereocenters. The molecule has 1 aromatic carbocycles. The molecule has 0 saturated heterocycles. The third kappa shape index (κ3) is 2.82. The molecule has 1 aliphatic carbocycles. The van der Waals surface area contributed by atoms with Gasteiger partial charge in [0.1, 0.15) is 0 Å². The maximum Gasteiger partial charge on any atom is 0.231 e. The molecule has 0 heterocycles. The Morgan fingerprint density at radius 3 is 2.88 bits per heavy atom. The fourth-order valence-corrected chi connectivity index (χ4v) is 2.27. The van der Waals surface area contributed by atoms with Crippen molar-refractivity contribution in [2.75, 3.05) is 5.32 Å². The highest BCUT2D eigenvalue weighted by molar-refractivity contribution is 14.1. The van der Waals surface area contributed by atoms with Gasteiger partial charge in [-0.05, 0) is 47.2 Å². The van der Waals surface area contributed by atoms with Gasteiger partial charge in [0.2, 0.25) is 5.91 Å². The number of hydrogen-bond donors (Lipinski definition) is 2. The van der Waals surface area contributed by atoms with Crippen molar-refractivity contribution < 1.29 is 4.79 Å². The van der Waals surface area contributed by atoms with E-state index in [1.165, 1.54) is 0 Å². The number of carbonyl (C=O) groups is 1. The van der Waals surface area contributed by atoms with Crippen LogP contribution in [0.4, 0.5) is 5.69 Å². The third-order valence-corrected chi connectivity index (χ3v) is 3.22. The van der Waals surface area contributed by atoms with Crippen molar-refractivity contribution in [3.63, 3.8) is 0 Å². The fraction of sp³-hybridized carbons (Fsp3) is 0.250. The highest BCUT2D eigenvalue weighted by atomic mass is 127. The second-order valence-corrected chi connectivity index (χ2v) is 5.14. The zero-order valence-corrected chi connectivity index (χ0v) is 10.8. The molecular formula is C12H13IN2O. The Labute approximate surface area is 108 Å². The van der Waals surface area contributed by atoms with Crippen LogP contribution in [0.2, 0.25) is 0 Å². The lowest BCUT2D eigenvalue weighted by atomic mass is 10.1. The average molecular weight is 328 g/mol. The number of nitrogens with one attached hydrogen (secondary N) is 1. The number of rotatable bonds is 2. The summed E-state index contributed by atoms with van der Waals surface area (Å²) in [6.45, 7) is 0. The molecule has 4 heteroatoms. The summed E-state index contributed by atoms with van der Waals surface area (Å²) in [5.74, 6) is -0.0703. The maximum absolute atomic E-state index is 11.9. The molecule has 2 atom stereocenters. The van der Waals surface area contributed by atoms with Gasteiger partial charge < -0.3 is 11.1 Å². The molecular weight excluding hydrogens is 315 g/mol. The summed E-state index contributed by atoms with van der Waals surface area (Å²) in [6, 6.07) is 7.76. The number of halogens is 1. The van der Waals surface area contributed by atoms with Crippen LogP contribution in [0.3, 0.4) is 0 Å². The van der Waals surface area contributed by atoms with Crippen LogP contribution in [0.1, 0.15) is 6.42 Å². The summed E-state index contributed by atoms with van der Waals surface area (Å²) < 4.78 is 1.11. The van der Waals surface area contributed by atoms with E-state index in [2.05, 4.69) is 27.9 Å². The van der Waals surface area contributed by atoms with Crippen molar-refractivity contribution >= 4 is 34.2 Å². The Balaban J connectivity index is 2.00. The zero-order chi connectivity index (χ0) is 11.5. The molecule has 1 aliphatic rings. The van der Waals surface area contributed by atoms with Crippen LogP contribution in [0.25, 0.3) is 0 Å². The van der Waals surface area contributed by atoms with Crippen LogP contribution in [-0.2, 0) is 4.79 Å². The molecule has 1 amide bonds. The molecule has 3 N–H and O–H groups in total. The molecule has 0 radical (unpaired) electrons. The van der Waals surface area contributed by atoms with Crippen molar-refractivity contribution in [1.82, 2.24) is 0 Å². The van der Waals surface area contributed by atoms with Crippen LogP contribution in [-0.4, -0.2) is 11.9 Å². The molecule has 16 heavy (non-hydrogen) atoms. The molecule has 84 valence electrons. The minimum atomic E-state index is -0.0899. The van der Waals surface area contributed by atoms with Crippen LogP contribution in [0.15, 0.2) is 36.4 Å². The summed E-state index contributed by atoms with van der Waals surface area (Å²) in [5.41, 5.74) is 6.55. The average Bonchev–Trinajstić information content (AvgIpc) is 2.65. The standard InChI is InChI=1S/C12H13IN2O/c13-9-2-1-3-11(7-9)15-12(16)8-4-5-10(14)6-8/h1-5,7-8,10H,6,14H2,(H,15,16). The molecule has 0 bridgehead atoms. The van der Waals surface area contributed by atoms with Crippen molar-refractivity contribution in [2.24, 2.45) is 11.7 Å². The van der Waals surface area contributed by atoms with E-state index >= 15 is 0 Å². The Morgan fingerprint density at radius 2 is 2.25 bits per heavy atom. The number of hydrogen-bond acceptors (Lipinski definition) is 2. The minimum absolute atomic E-state index is 0.0196. The van der Waals surface area contributed by atoms with Gasteiger partial charge in [-0.15, -0.1) is 0 Å². The highest BCUT2D eigenvalue weighted by Crippen LogP contribution is 2.19. The lowest BCUT2D eigenvalue weighted by Gasteiger charge is -2.10. The number of benzene rings is 1. The van der Waals surface area contributed by atoms with E-state index in [4.69, 9.17) is 5.73 Å². The van der Waals surface area contributed by atoms with Crippen molar-refractivity contribution in [3.8, 4) is 0 Å². The van der Waals surface area contributed by atoms with Gasteiger partial charge in [0, 0.05) is 15.3 Å². The second kappa shape index (κ2) is 4.97. The van der Waals surface area contributed by atoms with Gasteiger partial charge in [-0.2, -0.15) is 0 Å². The van der Waals surface area contributed by atoms with Gasteiger partial charge in [0.05, 0.1) is 5.92 Å². The predicted molar refractivity (Wildman–Crippen MR) is 73.0 cm³/mol. The SMILES string of the molecule is NC1C=CC(C(=O)Nc2cccc(I)c2)C1. The molecule has 0 aliphatic heterocycles. The van der Waals surface area contributed by atoms with E-state index in [0.29, 0.717) is 6.42 Å².